The van der Waals surface area contributed by atoms with Crippen LogP contribution in [0.25, 0.3) is 0 Å². The van der Waals surface area contributed by atoms with E-state index in [1.807, 2.05) is 13.8 Å². The zero-order valence-corrected chi connectivity index (χ0v) is 10.3. The van der Waals surface area contributed by atoms with Crippen LogP contribution in [0, 0.1) is 5.41 Å². The van der Waals surface area contributed by atoms with Gasteiger partial charge in [-0.1, -0.05) is 6.92 Å². The number of methoxy groups -OCH3 is 1. The van der Waals surface area contributed by atoms with Crippen LogP contribution in [0.15, 0.2) is 0 Å². The first-order chi connectivity index (χ1) is 6.44. The summed E-state index contributed by atoms with van der Waals surface area (Å²) < 4.78 is 4.73. The fourth-order valence-electron chi connectivity index (χ4n) is 1.00. The second-order valence-corrected chi connectivity index (χ2v) is 5.50. The average molecular weight is 219 g/mol. The maximum absolute atomic E-state index is 11.3. The number of hydrogen-bond donors (Lipinski definition) is 1. The molecule has 4 heteroatoms. The van der Waals surface area contributed by atoms with E-state index in [-0.39, 0.29) is 5.97 Å². The molecule has 2 N–H and O–H groups in total. The average Bonchev–Trinajstić information content (AvgIpc) is 2.14. The van der Waals surface area contributed by atoms with Crippen LogP contribution >= 0.6 is 11.8 Å². The monoisotopic (exact) mass is 219 g/mol. The molecule has 0 aliphatic carbocycles. The molecule has 0 spiro atoms. The minimum atomic E-state index is -0.401. The van der Waals surface area contributed by atoms with Crippen LogP contribution in [0.1, 0.15) is 27.2 Å². The van der Waals surface area contributed by atoms with E-state index in [9.17, 15) is 4.79 Å². The molecular formula is C10H21NO2S. The summed E-state index contributed by atoms with van der Waals surface area (Å²) in [5.41, 5.74) is 5.05. The normalized spacial score (nSPS) is 13.8. The minimum absolute atomic E-state index is 0.148. The molecule has 0 aromatic heterocycles. The molecule has 0 radical (unpaired) electrons. The van der Waals surface area contributed by atoms with Gasteiger partial charge in [0.15, 0.2) is 0 Å². The molecule has 1 unspecified atom stereocenters. The van der Waals surface area contributed by atoms with Crippen molar-refractivity contribution in [2.24, 2.45) is 11.1 Å². The highest BCUT2D eigenvalue weighted by Gasteiger charge is 2.29. The van der Waals surface area contributed by atoms with Gasteiger partial charge in [0.25, 0.3) is 0 Å². The molecular weight excluding hydrogens is 198 g/mol. The van der Waals surface area contributed by atoms with Gasteiger partial charge >= 0.3 is 5.97 Å². The Morgan fingerprint density at radius 3 is 2.57 bits per heavy atom. The highest BCUT2D eigenvalue weighted by atomic mass is 32.2. The van der Waals surface area contributed by atoms with Crippen molar-refractivity contribution >= 4 is 17.7 Å². The van der Waals surface area contributed by atoms with Gasteiger partial charge in [-0.15, -0.1) is 0 Å². The Morgan fingerprint density at radius 2 is 2.14 bits per heavy atom. The van der Waals surface area contributed by atoms with Crippen LogP contribution in [-0.2, 0) is 9.53 Å². The highest BCUT2D eigenvalue weighted by Crippen LogP contribution is 2.26. The molecule has 0 saturated carbocycles. The summed E-state index contributed by atoms with van der Waals surface area (Å²) in [6.07, 6.45) is 0.988. The lowest BCUT2D eigenvalue weighted by Gasteiger charge is -2.22. The summed E-state index contributed by atoms with van der Waals surface area (Å²) in [4.78, 5) is 11.3. The second-order valence-electron chi connectivity index (χ2n) is 4.07. The lowest BCUT2D eigenvalue weighted by molar-refractivity contribution is -0.149. The fraction of sp³-hybridized carbons (Fsp3) is 0.900. The van der Waals surface area contributed by atoms with E-state index in [1.54, 1.807) is 11.8 Å². The summed E-state index contributed by atoms with van der Waals surface area (Å²) in [6, 6.07) is 0. The van der Waals surface area contributed by atoms with Crippen LogP contribution in [0.3, 0.4) is 0 Å². The molecule has 0 saturated heterocycles. The maximum atomic E-state index is 11.3. The molecule has 84 valence electrons. The van der Waals surface area contributed by atoms with Crippen LogP contribution in [-0.4, -0.2) is 30.6 Å². The molecule has 14 heavy (non-hydrogen) atoms. The van der Waals surface area contributed by atoms with E-state index in [2.05, 4.69) is 6.92 Å². The first-order valence-electron chi connectivity index (χ1n) is 4.84. The predicted octanol–water partition coefficient (Wildman–Crippen LogP) is 1.66. The van der Waals surface area contributed by atoms with Gasteiger partial charge in [0, 0.05) is 11.0 Å². The lowest BCUT2D eigenvalue weighted by Crippen LogP contribution is -2.29. The molecule has 0 aromatic rings. The Hall–Kier alpha value is -0.220. The molecule has 0 fully saturated rings. The summed E-state index contributed by atoms with van der Waals surface area (Å²) in [6.45, 7) is 6.64. The molecule has 0 aromatic carbocycles. The van der Waals surface area contributed by atoms with Crippen molar-refractivity contribution < 1.29 is 9.53 Å². The highest BCUT2D eigenvalue weighted by molar-refractivity contribution is 7.99. The van der Waals surface area contributed by atoms with E-state index >= 15 is 0 Å². The number of ether oxygens (including phenoxy) is 1. The van der Waals surface area contributed by atoms with Gasteiger partial charge in [-0.05, 0) is 26.8 Å². The molecule has 1 atom stereocenters. The van der Waals surface area contributed by atoms with Crippen LogP contribution in [0.5, 0.6) is 0 Å². The molecule has 0 aliphatic rings. The zero-order chi connectivity index (χ0) is 11.2. The Balaban J connectivity index is 3.92. The van der Waals surface area contributed by atoms with E-state index < -0.39 is 5.41 Å². The van der Waals surface area contributed by atoms with Gasteiger partial charge in [0.1, 0.15) is 0 Å². The Morgan fingerprint density at radius 1 is 1.57 bits per heavy atom. The topological polar surface area (TPSA) is 52.3 Å². The van der Waals surface area contributed by atoms with E-state index in [4.69, 9.17) is 10.5 Å². The summed E-state index contributed by atoms with van der Waals surface area (Å²) >= 11 is 1.77. The van der Waals surface area contributed by atoms with Crippen LogP contribution in [0.4, 0.5) is 0 Å². The van der Waals surface area contributed by atoms with E-state index in [1.165, 1.54) is 7.11 Å². The van der Waals surface area contributed by atoms with Gasteiger partial charge < -0.3 is 10.5 Å². The van der Waals surface area contributed by atoms with Gasteiger partial charge in [0.2, 0.25) is 0 Å². The Labute approximate surface area is 90.8 Å². The standard InChI is InChI=1S/C10H21NO2S/c1-8(5-6-11)14-7-10(2,3)9(12)13-4/h8H,5-7,11H2,1-4H3. The van der Waals surface area contributed by atoms with Crippen molar-refractivity contribution in [2.75, 3.05) is 19.4 Å². The molecule has 0 heterocycles. The third-order valence-corrected chi connectivity index (χ3v) is 3.73. The summed E-state index contributed by atoms with van der Waals surface area (Å²) in [5.74, 6) is 0.630. The van der Waals surface area contributed by atoms with E-state index in [0.717, 1.165) is 12.2 Å². The predicted molar refractivity (Wildman–Crippen MR) is 61.4 cm³/mol. The maximum Gasteiger partial charge on any atom is 0.312 e. The number of esters is 1. The molecule has 3 nitrogen and oxygen atoms in total. The third-order valence-electron chi connectivity index (χ3n) is 2.04. The second kappa shape index (κ2) is 6.30. The van der Waals surface area contributed by atoms with Gasteiger partial charge in [-0.25, -0.2) is 0 Å². The molecule has 0 bridgehead atoms. The number of rotatable bonds is 6. The SMILES string of the molecule is COC(=O)C(C)(C)CSC(C)CCN. The molecule has 0 aliphatic heterocycles. The van der Waals surface area contributed by atoms with Crippen LogP contribution < -0.4 is 5.73 Å². The van der Waals surface area contributed by atoms with Crippen molar-refractivity contribution in [1.82, 2.24) is 0 Å². The van der Waals surface area contributed by atoms with Gasteiger partial charge in [0.05, 0.1) is 12.5 Å². The summed E-state index contributed by atoms with van der Waals surface area (Å²) in [5, 5.41) is 0.504. The number of nitrogens with two attached hydrogens (primary N) is 1. The van der Waals surface area contributed by atoms with Crippen molar-refractivity contribution in [3.05, 3.63) is 0 Å². The van der Waals surface area contributed by atoms with Crippen molar-refractivity contribution in [1.29, 1.82) is 0 Å². The Kier molecular flexibility index (Phi) is 6.20. The van der Waals surface area contributed by atoms with Crippen molar-refractivity contribution in [2.45, 2.75) is 32.4 Å². The fourth-order valence-corrected chi connectivity index (χ4v) is 2.13. The zero-order valence-electron chi connectivity index (χ0n) is 9.50. The molecule has 0 amide bonds. The quantitative estimate of drug-likeness (QED) is 0.690. The Bertz CT molecular complexity index is 183. The van der Waals surface area contributed by atoms with Gasteiger partial charge in [-0.3, -0.25) is 4.79 Å². The van der Waals surface area contributed by atoms with E-state index in [0.29, 0.717) is 11.8 Å². The lowest BCUT2D eigenvalue weighted by atomic mass is 9.97. The number of carbonyl (C=O) groups excluding carboxylic acids is 1. The smallest absolute Gasteiger partial charge is 0.312 e. The first kappa shape index (κ1) is 13.8. The number of hydrogen-bond acceptors (Lipinski definition) is 4. The number of thioether (sulfide) groups is 1. The third kappa shape index (κ3) is 4.86. The largest absolute Gasteiger partial charge is 0.469 e. The van der Waals surface area contributed by atoms with Gasteiger partial charge in [-0.2, -0.15) is 11.8 Å². The summed E-state index contributed by atoms with van der Waals surface area (Å²) in [7, 11) is 1.43. The van der Waals surface area contributed by atoms with Crippen molar-refractivity contribution in [3.8, 4) is 0 Å². The molecule has 0 rings (SSSR count). The van der Waals surface area contributed by atoms with Crippen LogP contribution in [0.2, 0.25) is 0 Å². The minimum Gasteiger partial charge on any atom is -0.469 e. The van der Waals surface area contributed by atoms with Crippen molar-refractivity contribution in [3.63, 3.8) is 0 Å². The first-order valence-corrected chi connectivity index (χ1v) is 5.89. The number of carbonyl (C=O) groups is 1.